The summed E-state index contributed by atoms with van der Waals surface area (Å²) in [6.07, 6.45) is 2.66. The molecule has 4 aliphatic carbocycles. The van der Waals surface area contributed by atoms with Crippen molar-refractivity contribution in [1.82, 2.24) is 0 Å². The van der Waals surface area contributed by atoms with Crippen LogP contribution in [0, 0.1) is 39.9 Å². The molecule has 4 saturated carbocycles. The van der Waals surface area contributed by atoms with Crippen LogP contribution in [0.25, 0.3) is 0 Å². The van der Waals surface area contributed by atoms with Gasteiger partial charge in [0.25, 0.3) is 0 Å². The Bertz CT molecular complexity index is 738. The van der Waals surface area contributed by atoms with Gasteiger partial charge in [0.05, 0.1) is 12.7 Å². The number of ketones is 1. The Hall–Kier alpha value is -0.530. The highest BCUT2D eigenvalue weighted by atomic mass is 16.7. The van der Waals surface area contributed by atoms with Gasteiger partial charge in [0.2, 0.25) is 0 Å². The predicted molar refractivity (Wildman–Crippen MR) is 114 cm³/mol. The smallest absolute Gasteiger partial charge is 0.186 e. The largest absolute Gasteiger partial charge is 0.388 e. The molecular weight excluding hydrogens is 396 g/mol. The summed E-state index contributed by atoms with van der Waals surface area (Å²) in [4.78, 5) is 13.0. The molecule has 0 aromatic heterocycles. The fourth-order valence-electron chi connectivity index (χ4n) is 9.02. The summed E-state index contributed by atoms with van der Waals surface area (Å²) in [5.41, 5.74) is 0.326. The second kappa shape index (κ2) is 7.23. The molecule has 0 radical (unpaired) electrons. The SMILES string of the molecule is CC1CC23CCC4C(C)(C)C(OC5OCC(O)C(O)C5O)CCC4(C)C2CC(=O)C1C3. The van der Waals surface area contributed by atoms with Crippen molar-refractivity contribution in [2.45, 2.75) is 103 Å². The summed E-state index contributed by atoms with van der Waals surface area (Å²) in [7, 11) is 0. The summed E-state index contributed by atoms with van der Waals surface area (Å²) >= 11 is 0. The van der Waals surface area contributed by atoms with E-state index in [4.69, 9.17) is 9.47 Å². The zero-order valence-corrected chi connectivity index (χ0v) is 19.4. The number of fused-ring (bicyclic) bond motifs is 3. The topological polar surface area (TPSA) is 96.2 Å². The van der Waals surface area contributed by atoms with E-state index in [0.29, 0.717) is 29.0 Å². The number of aliphatic hydroxyl groups is 3. The molecule has 5 rings (SSSR count). The minimum absolute atomic E-state index is 0.0384. The van der Waals surface area contributed by atoms with Crippen molar-refractivity contribution in [2.75, 3.05) is 6.61 Å². The molecule has 11 atom stereocenters. The molecular formula is C25H40O6. The molecule has 6 heteroatoms. The van der Waals surface area contributed by atoms with Gasteiger partial charge in [0, 0.05) is 12.3 Å². The van der Waals surface area contributed by atoms with Crippen LogP contribution in [0.3, 0.4) is 0 Å². The second-order valence-electron chi connectivity index (χ2n) is 12.4. The second-order valence-corrected chi connectivity index (χ2v) is 12.4. The van der Waals surface area contributed by atoms with Gasteiger partial charge in [-0.25, -0.2) is 0 Å². The summed E-state index contributed by atoms with van der Waals surface area (Å²) < 4.78 is 11.9. The first-order valence-corrected chi connectivity index (χ1v) is 12.3. The number of ether oxygens (including phenoxy) is 2. The average molecular weight is 437 g/mol. The van der Waals surface area contributed by atoms with Crippen LogP contribution < -0.4 is 0 Å². The van der Waals surface area contributed by atoms with Crippen LogP contribution in [0.5, 0.6) is 0 Å². The van der Waals surface area contributed by atoms with Gasteiger partial charge in [-0.05, 0) is 72.5 Å². The van der Waals surface area contributed by atoms with Crippen LogP contribution in [-0.2, 0) is 14.3 Å². The molecule has 5 aliphatic rings. The number of aliphatic hydroxyl groups excluding tert-OH is 3. The first-order valence-electron chi connectivity index (χ1n) is 12.3. The molecule has 0 aromatic rings. The number of Topliss-reactive ketones (excluding diaryl/α,β-unsaturated/α-hetero) is 1. The molecule has 2 bridgehead atoms. The number of carbonyl (C=O) groups excluding carboxylic acids is 1. The molecule has 11 unspecified atom stereocenters. The maximum Gasteiger partial charge on any atom is 0.186 e. The third-order valence-corrected chi connectivity index (χ3v) is 10.5. The molecule has 1 aliphatic heterocycles. The van der Waals surface area contributed by atoms with Gasteiger partial charge < -0.3 is 24.8 Å². The Kier molecular flexibility index (Phi) is 5.20. The van der Waals surface area contributed by atoms with E-state index in [1.165, 1.54) is 12.8 Å². The maximum absolute atomic E-state index is 13.0. The van der Waals surface area contributed by atoms with Crippen molar-refractivity contribution in [3.63, 3.8) is 0 Å². The van der Waals surface area contributed by atoms with E-state index in [9.17, 15) is 20.1 Å². The number of hydrogen-bond acceptors (Lipinski definition) is 6. The minimum Gasteiger partial charge on any atom is -0.388 e. The van der Waals surface area contributed by atoms with E-state index < -0.39 is 24.6 Å². The normalized spacial score (nSPS) is 56.1. The van der Waals surface area contributed by atoms with E-state index in [-0.39, 0.29) is 29.5 Å². The molecule has 0 aromatic carbocycles. The van der Waals surface area contributed by atoms with Crippen molar-refractivity contribution < 1.29 is 29.6 Å². The van der Waals surface area contributed by atoms with Crippen LogP contribution in [0.15, 0.2) is 0 Å². The third kappa shape index (κ3) is 3.12. The summed E-state index contributed by atoms with van der Waals surface area (Å²) in [6.45, 7) is 9.21. The van der Waals surface area contributed by atoms with Crippen molar-refractivity contribution >= 4 is 5.78 Å². The Morgan fingerprint density at radius 3 is 2.48 bits per heavy atom. The van der Waals surface area contributed by atoms with Crippen LogP contribution in [0.1, 0.15) is 72.6 Å². The van der Waals surface area contributed by atoms with E-state index in [1.54, 1.807) is 0 Å². The standard InChI is InChI=1S/C25H40O6/c1-13-10-25-8-5-17-23(2,3)19(31-22-21(29)20(28)16(27)12-30-22)6-7-24(17,4)18(25)9-15(26)14(13)11-25/h13-14,16-22,27-29H,5-12H2,1-4H3. The molecule has 1 heterocycles. The lowest BCUT2D eigenvalue weighted by Crippen LogP contribution is -2.62. The van der Waals surface area contributed by atoms with Gasteiger partial charge in [-0.3, -0.25) is 4.79 Å². The molecule has 3 N–H and O–H groups in total. The lowest BCUT2D eigenvalue weighted by Gasteiger charge is -2.65. The Morgan fingerprint density at radius 1 is 1.00 bits per heavy atom. The predicted octanol–water partition coefficient (Wildman–Crippen LogP) is 2.67. The molecule has 5 fully saturated rings. The van der Waals surface area contributed by atoms with Gasteiger partial charge in [0.15, 0.2) is 6.29 Å². The van der Waals surface area contributed by atoms with E-state index in [2.05, 4.69) is 27.7 Å². The fourth-order valence-corrected chi connectivity index (χ4v) is 9.02. The summed E-state index contributed by atoms with van der Waals surface area (Å²) in [5.74, 6) is 2.20. The maximum atomic E-state index is 13.0. The summed E-state index contributed by atoms with van der Waals surface area (Å²) in [6, 6.07) is 0. The van der Waals surface area contributed by atoms with Crippen molar-refractivity contribution in [2.24, 2.45) is 39.9 Å². The first-order chi connectivity index (χ1) is 14.5. The lowest BCUT2D eigenvalue weighted by atomic mass is 9.40. The number of rotatable bonds is 2. The zero-order valence-electron chi connectivity index (χ0n) is 19.4. The van der Waals surface area contributed by atoms with E-state index in [0.717, 1.165) is 32.1 Å². The lowest BCUT2D eigenvalue weighted by molar-refractivity contribution is -0.306. The van der Waals surface area contributed by atoms with E-state index in [1.807, 2.05) is 0 Å². The molecule has 0 amide bonds. The highest BCUT2D eigenvalue weighted by molar-refractivity contribution is 5.83. The Morgan fingerprint density at radius 2 is 1.74 bits per heavy atom. The van der Waals surface area contributed by atoms with Gasteiger partial charge in [-0.1, -0.05) is 27.7 Å². The molecule has 6 nitrogen and oxygen atoms in total. The Balaban J connectivity index is 1.38. The number of carbonyl (C=O) groups is 1. The minimum atomic E-state index is -1.25. The molecule has 176 valence electrons. The van der Waals surface area contributed by atoms with Gasteiger partial charge >= 0.3 is 0 Å². The van der Waals surface area contributed by atoms with Crippen molar-refractivity contribution in [3.8, 4) is 0 Å². The third-order valence-electron chi connectivity index (χ3n) is 10.5. The summed E-state index contributed by atoms with van der Waals surface area (Å²) in [5, 5.41) is 30.2. The fraction of sp³-hybridized carbons (Fsp3) is 0.960. The number of hydrogen-bond donors (Lipinski definition) is 3. The van der Waals surface area contributed by atoms with Crippen LogP contribution in [0.2, 0.25) is 0 Å². The van der Waals surface area contributed by atoms with Gasteiger partial charge in [0.1, 0.15) is 24.1 Å². The van der Waals surface area contributed by atoms with Crippen LogP contribution in [0.4, 0.5) is 0 Å². The average Bonchev–Trinajstić information content (AvgIpc) is 2.98. The molecule has 31 heavy (non-hydrogen) atoms. The molecule has 1 spiro atoms. The van der Waals surface area contributed by atoms with Crippen LogP contribution >= 0.6 is 0 Å². The van der Waals surface area contributed by atoms with Crippen molar-refractivity contribution in [1.29, 1.82) is 0 Å². The van der Waals surface area contributed by atoms with Crippen molar-refractivity contribution in [3.05, 3.63) is 0 Å². The Labute approximate surface area is 185 Å². The zero-order chi connectivity index (χ0) is 22.3. The van der Waals surface area contributed by atoms with Crippen LogP contribution in [-0.4, -0.2) is 58.4 Å². The first kappa shape index (κ1) is 22.3. The van der Waals surface area contributed by atoms with Gasteiger partial charge in [-0.15, -0.1) is 0 Å². The van der Waals surface area contributed by atoms with Gasteiger partial charge in [-0.2, -0.15) is 0 Å². The highest BCUT2D eigenvalue weighted by Crippen LogP contribution is 2.71. The van der Waals surface area contributed by atoms with E-state index >= 15 is 0 Å². The quantitative estimate of drug-likeness (QED) is 0.576. The monoisotopic (exact) mass is 436 g/mol. The molecule has 1 saturated heterocycles. The highest BCUT2D eigenvalue weighted by Gasteiger charge is 2.66.